The number of aliphatic imine (C=N–C) groups is 1. The summed E-state index contributed by atoms with van der Waals surface area (Å²) in [6.07, 6.45) is 5.77. The van der Waals surface area contributed by atoms with Crippen molar-refractivity contribution in [2.75, 3.05) is 6.54 Å². The molecule has 2 N–H and O–H groups in total. The lowest BCUT2D eigenvalue weighted by molar-refractivity contribution is 0.684. The molecule has 9 heteroatoms. The third kappa shape index (κ3) is 5.18. The van der Waals surface area contributed by atoms with Crippen LogP contribution in [-0.2, 0) is 20.1 Å². The van der Waals surface area contributed by atoms with E-state index in [0.717, 1.165) is 34.0 Å². The SMILES string of the molecule is CCNC(=NCc1cn2cc(Br)ccc2n1)NCc1ccnn1C.I. The first-order valence-corrected chi connectivity index (χ1v) is 8.57. The minimum atomic E-state index is 0. The average Bonchev–Trinajstić information content (AvgIpc) is 3.15. The van der Waals surface area contributed by atoms with E-state index in [9.17, 15) is 0 Å². The number of rotatable bonds is 5. The number of hydrogen-bond donors (Lipinski definition) is 2. The van der Waals surface area contributed by atoms with Crippen molar-refractivity contribution in [2.24, 2.45) is 12.0 Å². The maximum atomic E-state index is 4.61. The Bertz CT molecular complexity index is 855. The third-order valence-electron chi connectivity index (χ3n) is 3.57. The van der Waals surface area contributed by atoms with Crippen molar-refractivity contribution in [3.63, 3.8) is 0 Å². The Hall–Kier alpha value is -1.62. The van der Waals surface area contributed by atoms with Crippen LogP contribution in [0, 0.1) is 0 Å². The van der Waals surface area contributed by atoms with E-state index in [2.05, 4.69) is 41.6 Å². The van der Waals surface area contributed by atoms with Gasteiger partial charge in [0.2, 0.25) is 0 Å². The normalized spacial score (nSPS) is 11.4. The smallest absolute Gasteiger partial charge is 0.191 e. The molecule has 0 aliphatic carbocycles. The van der Waals surface area contributed by atoms with Crippen molar-refractivity contribution >= 4 is 51.5 Å². The fourth-order valence-corrected chi connectivity index (χ4v) is 2.70. The average molecular weight is 518 g/mol. The van der Waals surface area contributed by atoms with E-state index >= 15 is 0 Å². The molecule has 25 heavy (non-hydrogen) atoms. The molecule has 3 aromatic heterocycles. The maximum Gasteiger partial charge on any atom is 0.191 e. The van der Waals surface area contributed by atoms with Gasteiger partial charge >= 0.3 is 0 Å². The van der Waals surface area contributed by atoms with Gasteiger partial charge in [0.25, 0.3) is 0 Å². The Morgan fingerprint density at radius 3 is 2.80 bits per heavy atom. The topological polar surface area (TPSA) is 71.5 Å². The molecule has 0 atom stereocenters. The molecule has 7 nitrogen and oxygen atoms in total. The van der Waals surface area contributed by atoms with E-state index in [1.807, 2.05) is 53.6 Å². The summed E-state index contributed by atoms with van der Waals surface area (Å²) >= 11 is 3.47. The molecule has 0 saturated carbocycles. The summed E-state index contributed by atoms with van der Waals surface area (Å²) in [6.45, 7) is 4.03. The Balaban J connectivity index is 0.00000225. The molecule has 0 unspecified atom stereocenters. The summed E-state index contributed by atoms with van der Waals surface area (Å²) in [7, 11) is 1.93. The molecule has 0 aromatic carbocycles. The number of hydrogen-bond acceptors (Lipinski definition) is 3. The number of aryl methyl sites for hydroxylation is 1. The lowest BCUT2D eigenvalue weighted by atomic mass is 10.4. The summed E-state index contributed by atoms with van der Waals surface area (Å²) in [4.78, 5) is 9.18. The summed E-state index contributed by atoms with van der Waals surface area (Å²) in [6, 6.07) is 5.94. The lowest BCUT2D eigenvalue weighted by Crippen LogP contribution is -2.37. The van der Waals surface area contributed by atoms with Gasteiger partial charge < -0.3 is 15.0 Å². The van der Waals surface area contributed by atoms with Crippen LogP contribution in [-0.4, -0.2) is 31.7 Å². The minimum Gasteiger partial charge on any atom is -0.357 e. The molecule has 0 aliphatic heterocycles. The second kappa shape index (κ2) is 9.18. The monoisotopic (exact) mass is 517 g/mol. The molecule has 3 aromatic rings. The van der Waals surface area contributed by atoms with Crippen LogP contribution in [0.15, 0.2) is 46.3 Å². The molecule has 0 bridgehead atoms. The zero-order valence-corrected chi connectivity index (χ0v) is 18.0. The van der Waals surface area contributed by atoms with Gasteiger partial charge in [-0.1, -0.05) is 0 Å². The van der Waals surface area contributed by atoms with Crippen molar-refractivity contribution in [1.29, 1.82) is 0 Å². The summed E-state index contributed by atoms with van der Waals surface area (Å²) < 4.78 is 4.86. The van der Waals surface area contributed by atoms with Gasteiger partial charge in [0.15, 0.2) is 5.96 Å². The first-order chi connectivity index (χ1) is 11.7. The maximum absolute atomic E-state index is 4.61. The van der Waals surface area contributed by atoms with Gasteiger partial charge in [0, 0.05) is 36.7 Å². The Morgan fingerprint density at radius 2 is 2.08 bits per heavy atom. The molecule has 0 spiro atoms. The van der Waals surface area contributed by atoms with E-state index < -0.39 is 0 Å². The van der Waals surface area contributed by atoms with Crippen molar-refractivity contribution in [3.8, 4) is 0 Å². The van der Waals surface area contributed by atoms with Gasteiger partial charge in [-0.15, -0.1) is 24.0 Å². The molecule has 0 fully saturated rings. The molecular formula is C16H21BrIN7. The van der Waals surface area contributed by atoms with Crippen molar-refractivity contribution in [3.05, 3.63) is 52.7 Å². The molecule has 0 saturated heterocycles. The molecule has 0 aliphatic rings. The molecule has 3 heterocycles. The highest BCUT2D eigenvalue weighted by Crippen LogP contribution is 2.12. The van der Waals surface area contributed by atoms with E-state index in [4.69, 9.17) is 0 Å². The van der Waals surface area contributed by atoms with Crippen molar-refractivity contribution in [2.45, 2.75) is 20.0 Å². The lowest BCUT2D eigenvalue weighted by Gasteiger charge is -2.11. The van der Waals surface area contributed by atoms with Gasteiger partial charge in [-0.25, -0.2) is 9.98 Å². The molecular weight excluding hydrogens is 497 g/mol. The summed E-state index contributed by atoms with van der Waals surface area (Å²) in [5.74, 6) is 0.761. The number of guanidine groups is 1. The predicted molar refractivity (Wildman–Crippen MR) is 113 cm³/mol. The van der Waals surface area contributed by atoms with E-state index in [0.29, 0.717) is 13.1 Å². The van der Waals surface area contributed by atoms with Crippen molar-refractivity contribution in [1.82, 2.24) is 29.8 Å². The van der Waals surface area contributed by atoms with E-state index in [1.165, 1.54) is 0 Å². The number of halogens is 2. The van der Waals surface area contributed by atoms with Crippen LogP contribution < -0.4 is 10.6 Å². The highest BCUT2D eigenvalue weighted by molar-refractivity contribution is 14.0. The van der Waals surface area contributed by atoms with Crippen LogP contribution in [0.25, 0.3) is 5.65 Å². The summed E-state index contributed by atoms with van der Waals surface area (Å²) in [5, 5.41) is 10.7. The number of nitrogens with zero attached hydrogens (tertiary/aromatic N) is 5. The Kier molecular flexibility index (Phi) is 7.24. The zero-order valence-electron chi connectivity index (χ0n) is 14.1. The molecule has 3 rings (SSSR count). The molecule has 134 valence electrons. The van der Waals surface area contributed by atoms with Crippen molar-refractivity contribution < 1.29 is 0 Å². The quantitative estimate of drug-likeness (QED) is 0.310. The molecule has 0 amide bonds. The second-order valence-corrected chi connectivity index (χ2v) is 6.26. The second-order valence-electron chi connectivity index (χ2n) is 5.34. The first-order valence-electron chi connectivity index (χ1n) is 7.78. The van der Waals surface area contributed by atoms with Crippen LogP contribution in [0.5, 0.6) is 0 Å². The van der Waals surface area contributed by atoms with Crippen LogP contribution in [0.3, 0.4) is 0 Å². The van der Waals surface area contributed by atoms with Gasteiger partial charge in [-0.3, -0.25) is 4.68 Å². The van der Waals surface area contributed by atoms with E-state index in [1.54, 1.807) is 6.20 Å². The number of aromatic nitrogens is 4. The van der Waals surface area contributed by atoms with Gasteiger partial charge in [0.05, 0.1) is 24.5 Å². The van der Waals surface area contributed by atoms with Crippen LogP contribution in [0.2, 0.25) is 0 Å². The zero-order chi connectivity index (χ0) is 16.9. The van der Waals surface area contributed by atoms with Gasteiger partial charge in [-0.2, -0.15) is 5.10 Å². The van der Waals surface area contributed by atoms with Gasteiger partial charge in [0.1, 0.15) is 5.65 Å². The number of nitrogens with one attached hydrogen (secondary N) is 2. The van der Waals surface area contributed by atoms with Crippen LogP contribution in [0.1, 0.15) is 18.3 Å². The number of pyridine rings is 1. The Labute approximate surface area is 172 Å². The fraction of sp³-hybridized carbons (Fsp3) is 0.312. The standard InChI is InChI=1S/C16H20BrN7.HI/c1-3-18-16(20-9-14-6-7-21-23(14)2)19-8-13-11-24-10-12(17)4-5-15(24)22-13;/h4-7,10-11H,3,8-9H2,1-2H3,(H2,18,19,20);1H. The third-order valence-corrected chi connectivity index (χ3v) is 4.04. The fourth-order valence-electron chi connectivity index (χ4n) is 2.34. The van der Waals surface area contributed by atoms with Gasteiger partial charge in [-0.05, 0) is 41.1 Å². The summed E-state index contributed by atoms with van der Waals surface area (Å²) in [5.41, 5.74) is 2.93. The highest BCUT2D eigenvalue weighted by atomic mass is 127. The van der Waals surface area contributed by atoms with Crippen LogP contribution >= 0.6 is 39.9 Å². The molecule has 0 radical (unpaired) electrons. The van der Waals surface area contributed by atoms with E-state index in [-0.39, 0.29) is 24.0 Å². The number of imidazole rings is 1. The largest absolute Gasteiger partial charge is 0.357 e. The predicted octanol–water partition coefficient (Wildman–Crippen LogP) is 2.70. The number of fused-ring (bicyclic) bond motifs is 1. The minimum absolute atomic E-state index is 0. The van der Waals surface area contributed by atoms with Crippen LogP contribution in [0.4, 0.5) is 0 Å². The highest BCUT2D eigenvalue weighted by Gasteiger charge is 2.04. The first kappa shape index (κ1) is 19.7. The Morgan fingerprint density at radius 1 is 1.24 bits per heavy atom.